The summed E-state index contributed by atoms with van der Waals surface area (Å²) in [6.45, 7) is 0.504. The van der Waals surface area contributed by atoms with E-state index in [1.54, 1.807) is 13.2 Å². The number of nitrogens with zero attached hydrogens (tertiary/aromatic N) is 2. The zero-order valence-corrected chi connectivity index (χ0v) is 8.28. The fourth-order valence-electron chi connectivity index (χ4n) is 0.641. The van der Waals surface area contributed by atoms with Crippen molar-refractivity contribution in [1.29, 1.82) is 0 Å². The molecule has 0 amide bonds. The van der Waals surface area contributed by atoms with E-state index in [2.05, 4.69) is 15.5 Å². The third-order valence-corrected chi connectivity index (χ3v) is 1.20. The Morgan fingerprint density at radius 2 is 2.17 bits per heavy atom. The molecule has 0 aromatic carbocycles. The van der Waals surface area contributed by atoms with Crippen LogP contribution in [-0.4, -0.2) is 17.2 Å². The van der Waals surface area contributed by atoms with E-state index >= 15 is 0 Å². The molecule has 1 rings (SSSR count). The van der Waals surface area contributed by atoms with Crippen LogP contribution < -0.4 is 11.1 Å². The largest absolute Gasteiger partial charge is 0.372 e. The molecule has 0 fully saturated rings. The lowest BCUT2D eigenvalue weighted by Gasteiger charge is -1.98. The van der Waals surface area contributed by atoms with E-state index in [1.165, 1.54) is 0 Å². The molecular formula is C6H12Cl2N4. The summed E-state index contributed by atoms with van der Waals surface area (Å²) in [6, 6.07) is 1.87. The average Bonchev–Trinajstić information content (AvgIpc) is 2.05. The number of hydrogen-bond acceptors (Lipinski definition) is 4. The molecule has 0 radical (unpaired) electrons. The molecule has 1 aromatic rings. The van der Waals surface area contributed by atoms with Gasteiger partial charge in [0.1, 0.15) is 5.82 Å². The minimum absolute atomic E-state index is 0. The van der Waals surface area contributed by atoms with Gasteiger partial charge in [-0.05, 0) is 11.6 Å². The summed E-state index contributed by atoms with van der Waals surface area (Å²) in [5.41, 5.74) is 6.36. The first-order valence-corrected chi connectivity index (χ1v) is 3.06. The van der Waals surface area contributed by atoms with Crippen molar-refractivity contribution >= 4 is 30.6 Å². The van der Waals surface area contributed by atoms with Gasteiger partial charge in [0.25, 0.3) is 0 Å². The number of hydrogen-bond donors (Lipinski definition) is 2. The normalized spacial score (nSPS) is 7.83. The highest BCUT2D eigenvalue weighted by Gasteiger charge is 1.91. The maximum absolute atomic E-state index is 5.38. The molecule has 70 valence electrons. The summed E-state index contributed by atoms with van der Waals surface area (Å²) in [5, 5.41) is 10.4. The van der Waals surface area contributed by atoms with E-state index in [9.17, 15) is 0 Å². The van der Waals surface area contributed by atoms with Crippen LogP contribution in [0.2, 0.25) is 0 Å². The number of nitrogens with one attached hydrogen (secondary N) is 1. The van der Waals surface area contributed by atoms with Crippen LogP contribution in [0.25, 0.3) is 0 Å². The Balaban J connectivity index is 0. The number of nitrogens with two attached hydrogens (primary N) is 1. The molecule has 0 spiro atoms. The fourth-order valence-corrected chi connectivity index (χ4v) is 0.641. The van der Waals surface area contributed by atoms with Crippen molar-refractivity contribution in [3.05, 3.63) is 17.8 Å². The Hall–Kier alpha value is -0.580. The summed E-state index contributed by atoms with van der Waals surface area (Å²) >= 11 is 0. The first-order valence-electron chi connectivity index (χ1n) is 3.06. The second kappa shape index (κ2) is 7.09. The van der Waals surface area contributed by atoms with Gasteiger partial charge in [0.15, 0.2) is 0 Å². The predicted octanol–water partition coefficient (Wildman–Crippen LogP) is 0.821. The number of aromatic nitrogens is 2. The van der Waals surface area contributed by atoms with Gasteiger partial charge < -0.3 is 11.1 Å². The highest BCUT2D eigenvalue weighted by Crippen LogP contribution is 2.01. The molecule has 6 heteroatoms. The van der Waals surface area contributed by atoms with Gasteiger partial charge in [-0.3, -0.25) is 0 Å². The average molecular weight is 211 g/mol. The maximum Gasteiger partial charge on any atom is 0.148 e. The van der Waals surface area contributed by atoms with E-state index in [0.29, 0.717) is 6.54 Å². The van der Waals surface area contributed by atoms with Crippen LogP contribution in [0.1, 0.15) is 5.56 Å². The van der Waals surface area contributed by atoms with Crippen LogP contribution in [-0.2, 0) is 6.54 Å². The number of halogens is 2. The van der Waals surface area contributed by atoms with Gasteiger partial charge in [-0.2, -0.15) is 5.10 Å². The van der Waals surface area contributed by atoms with Gasteiger partial charge in [0.05, 0.1) is 6.20 Å². The van der Waals surface area contributed by atoms with Gasteiger partial charge >= 0.3 is 0 Å². The molecule has 0 atom stereocenters. The molecule has 0 saturated heterocycles. The molecule has 0 aliphatic carbocycles. The third kappa shape index (κ3) is 3.71. The highest BCUT2D eigenvalue weighted by molar-refractivity contribution is 5.85. The lowest BCUT2D eigenvalue weighted by Crippen LogP contribution is -2.00. The van der Waals surface area contributed by atoms with E-state index < -0.39 is 0 Å². The fraction of sp³-hybridized carbons (Fsp3) is 0.333. The van der Waals surface area contributed by atoms with Crippen LogP contribution in [0.3, 0.4) is 0 Å². The Kier molecular flexibility index (Phi) is 8.26. The molecule has 12 heavy (non-hydrogen) atoms. The molecule has 3 N–H and O–H groups in total. The summed E-state index contributed by atoms with van der Waals surface area (Å²) < 4.78 is 0. The quantitative estimate of drug-likeness (QED) is 0.760. The van der Waals surface area contributed by atoms with Crippen molar-refractivity contribution in [3.8, 4) is 0 Å². The van der Waals surface area contributed by atoms with Crippen molar-refractivity contribution in [2.24, 2.45) is 5.73 Å². The van der Waals surface area contributed by atoms with Gasteiger partial charge in [-0.25, -0.2) is 0 Å². The zero-order valence-electron chi connectivity index (χ0n) is 6.65. The first kappa shape index (κ1) is 14.0. The van der Waals surface area contributed by atoms with Crippen LogP contribution >= 0.6 is 24.8 Å². The maximum atomic E-state index is 5.38. The molecule has 0 bridgehead atoms. The molecule has 1 heterocycles. The van der Waals surface area contributed by atoms with Crippen LogP contribution in [0.5, 0.6) is 0 Å². The Morgan fingerprint density at radius 1 is 1.50 bits per heavy atom. The van der Waals surface area contributed by atoms with Crippen molar-refractivity contribution in [1.82, 2.24) is 10.2 Å². The Labute approximate surface area is 83.8 Å². The minimum Gasteiger partial charge on any atom is -0.372 e. The smallest absolute Gasteiger partial charge is 0.148 e. The van der Waals surface area contributed by atoms with Gasteiger partial charge in [-0.15, -0.1) is 29.9 Å². The van der Waals surface area contributed by atoms with E-state index in [1.807, 2.05) is 6.07 Å². The molecule has 4 nitrogen and oxygen atoms in total. The van der Waals surface area contributed by atoms with E-state index in [0.717, 1.165) is 11.4 Å². The Morgan fingerprint density at radius 3 is 2.67 bits per heavy atom. The Bertz CT molecular complexity index is 199. The molecule has 0 saturated carbocycles. The molecule has 1 aromatic heterocycles. The lowest BCUT2D eigenvalue weighted by atomic mass is 10.3. The number of anilines is 1. The van der Waals surface area contributed by atoms with Crippen molar-refractivity contribution < 1.29 is 0 Å². The van der Waals surface area contributed by atoms with Crippen LogP contribution in [0.4, 0.5) is 5.82 Å². The first-order chi connectivity index (χ1) is 4.86. The predicted molar refractivity (Wildman–Crippen MR) is 54.0 cm³/mol. The lowest BCUT2D eigenvalue weighted by molar-refractivity contribution is 0.968. The minimum atomic E-state index is 0. The zero-order chi connectivity index (χ0) is 7.40. The van der Waals surface area contributed by atoms with Gasteiger partial charge in [0, 0.05) is 13.6 Å². The topological polar surface area (TPSA) is 63.8 Å². The molecule has 0 unspecified atom stereocenters. The summed E-state index contributed by atoms with van der Waals surface area (Å²) in [5.74, 6) is 0.753. The molecule has 0 aliphatic rings. The van der Waals surface area contributed by atoms with Gasteiger partial charge in [-0.1, -0.05) is 0 Å². The number of rotatable bonds is 2. The monoisotopic (exact) mass is 210 g/mol. The second-order valence-corrected chi connectivity index (χ2v) is 1.90. The highest BCUT2D eigenvalue weighted by atomic mass is 35.5. The standard InChI is InChI=1S/C6H10N4.2ClH/c1-8-6-2-5(3-7)4-9-10-6;;/h2,4H,3,7H2,1H3,(H,8,10);2*1H. The van der Waals surface area contributed by atoms with Gasteiger partial charge in [0.2, 0.25) is 0 Å². The summed E-state index contributed by atoms with van der Waals surface area (Å²) in [7, 11) is 1.80. The molecular weight excluding hydrogens is 199 g/mol. The summed E-state index contributed by atoms with van der Waals surface area (Å²) in [6.07, 6.45) is 1.65. The van der Waals surface area contributed by atoms with Crippen molar-refractivity contribution in [2.45, 2.75) is 6.54 Å². The van der Waals surface area contributed by atoms with E-state index in [4.69, 9.17) is 5.73 Å². The summed E-state index contributed by atoms with van der Waals surface area (Å²) in [4.78, 5) is 0. The van der Waals surface area contributed by atoms with Crippen molar-refractivity contribution in [3.63, 3.8) is 0 Å². The van der Waals surface area contributed by atoms with Crippen LogP contribution in [0.15, 0.2) is 12.3 Å². The van der Waals surface area contributed by atoms with E-state index in [-0.39, 0.29) is 24.8 Å². The molecule has 0 aliphatic heterocycles. The van der Waals surface area contributed by atoms with Crippen LogP contribution in [0, 0.1) is 0 Å². The SMILES string of the molecule is CNc1cc(CN)cnn1.Cl.Cl. The third-order valence-electron chi connectivity index (χ3n) is 1.20. The second-order valence-electron chi connectivity index (χ2n) is 1.90. The van der Waals surface area contributed by atoms with Crippen molar-refractivity contribution in [2.75, 3.05) is 12.4 Å².